The number of amides is 2. The molecule has 0 aliphatic rings. The summed E-state index contributed by atoms with van der Waals surface area (Å²) in [5.41, 5.74) is 1.32. The normalized spacial score (nSPS) is 13.5. The molecule has 0 saturated carbocycles. The van der Waals surface area contributed by atoms with Crippen LogP contribution in [0.2, 0.25) is 0 Å². The van der Waals surface area contributed by atoms with E-state index in [9.17, 15) is 9.59 Å². The Morgan fingerprint density at radius 3 is 2.21 bits per heavy atom. The zero-order chi connectivity index (χ0) is 14.4. The second kappa shape index (κ2) is 6.92. The Hall–Kier alpha value is -1.84. The summed E-state index contributed by atoms with van der Waals surface area (Å²) in [6, 6.07) is 6.77. The SMILES string of the molecule is CCC(C)C(C)NC(=O)Nc1ccc(C(C)=O)cc1. The van der Waals surface area contributed by atoms with Crippen LogP contribution >= 0.6 is 0 Å². The van der Waals surface area contributed by atoms with Crippen LogP contribution in [0.15, 0.2) is 24.3 Å². The second-order valence-corrected chi connectivity index (χ2v) is 4.91. The Labute approximate surface area is 114 Å². The summed E-state index contributed by atoms with van der Waals surface area (Å²) in [7, 11) is 0. The summed E-state index contributed by atoms with van der Waals surface area (Å²) in [5, 5.41) is 5.66. The summed E-state index contributed by atoms with van der Waals surface area (Å²) in [5.74, 6) is 0.451. The number of anilines is 1. The van der Waals surface area contributed by atoms with Gasteiger partial charge in [-0.25, -0.2) is 4.79 Å². The molecule has 1 aromatic carbocycles. The number of ketones is 1. The molecule has 0 aliphatic heterocycles. The third kappa shape index (κ3) is 4.73. The third-order valence-corrected chi connectivity index (χ3v) is 3.41. The number of carbonyl (C=O) groups is 2. The fraction of sp³-hybridized carbons (Fsp3) is 0.467. The minimum absolute atomic E-state index is 0.0152. The molecule has 0 aromatic heterocycles. The van der Waals surface area contributed by atoms with Gasteiger partial charge in [0.2, 0.25) is 0 Å². The first-order chi connectivity index (χ1) is 8.93. The van der Waals surface area contributed by atoms with Crippen LogP contribution < -0.4 is 10.6 Å². The lowest BCUT2D eigenvalue weighted by Gasteiger charge is -2.20. The van der Waals surface area contributed by atoms with Crippen LogP contribution in [0, 0.1) is 5.92 Å². The van der Waals surface area contributed by atoms with Crippen molar-refractivity contribution in [2.45, 2.75) is 40.2 Å². The molecule has 2 atom stereocenters. The van der Waals surface area contributed by atoms with Crippen molar-refractivity contribution in [3.05, 3.63) is 29.8 Å². The fourth-order valence-electron chi connectivity index (χ4n) is 1.66. The molecule has 0 saturated heterocycles. The van der Waals surface area contributed by atoms with E-state index in [4.69, 9.17) is 0 Å². The van der Waals surface area contributed by atoms with Crippen LogP contribution in [0.25, 0.3) is 0 Å². The highest BCUT2D eigenvalue weighted by Gasteiger charge is 2.12. The average molecular weight is 262 g/mol. The summed E-state index contributed by atoms with van der Waals surface area (Å²) in [6.07, 6.45) is 1.02. The van der Waals surface area contributed by atoms with Crippen LogP contribution in [0.4, 0.5) is 10.5 Å². The Morgan fingerprint density at radius 2 is 1.74 bits per heavy atom. The van der Waals surface area contributed by atoms with Crippen LogP contribution in [-0.2, 0) is 0 Å². The van der Waals surface area contributed by atoms with E-state index in [0.717, 1.165) is 6.42 Å². The highest BCUT2D eigenvalue weighted by Crippen LogP contribution is 2.11. The van der Waals surface area contributed by atoms with Crippen LogP contribution in [0.1, 0.15) is 44.5 Å². The number of urea groups is 1. The molecule has 0 spiro atoms. The smallest absolute Gasteiger partial charge is 0.319 e. The van der Waals surface area contributed by atoms with E-state index in [1.807, 2.05) is 6.92 Å². The minimum atomic E-state index is -0.219. The summed E-state index contributed by atoms with van der Waals surface area (Å²) < 4.78 is 0. The lowest BCUT2D eigenvalue weighted by molar-refractivity contribution is 0.101. The van der Waals surface area contributed by atoms with Crippen molar-refractivity contribution in [2.24, 2.45) is 5.92 Å². The van der Waals surface area contributed by atoms with Crippen molar-refractivity contribution in [2.75, 3.05) is 5.32 Å². The van der Waals surface area contributed by atoms with Gasteiger partial charge in [-0.3, -0.25) is 4.79 Å². The maximum absolute atomic E-state index is 11.8. The van der Waals surface area contributed by atoms with Crippen LogP contribution in [0.5, 0.6) is 0 Å². The number of nitrogens with one attached hydrogen (secondary N) is 2. The van der Waals surface area contributed by atoms with E-state index < -0.39 is 0 Å². The number of rotatable bonds is 5. The molecule has 0 radical (unpaired) electrons. The minimum Gasteiger partial charge on any atom is -0.335 e. The molecule has 4 heteroatoms. The van der Waals surface area contributed by atoms with E-state index in [-0.39, 0.29) is 17.9 Å². The van der Waals surface area contributed by atoms with Crippen LogP contribution in [-0.4, -0.2) is 17.9 Å². The van der Waals surface area contributed by atoms with Gasteiger partial charge in [0, 0.05) is 17.3 Å². The largest absolute Gasteiger partial charge is 0.335 e. The third-order valence-electron chi connectivity index (χ3n) is 3.41. The number of carbonyl (C=O) groups excluding carboxylic acids is 2. The van der Waals surface area contributed by atoms with Crippen molar-refractivity contribution in [1.29, 1.82) is 0 Å². The van der Waals surface area contributed by atoms with Gasteiger partial charge in [-0.15, -0.1) is 0 Å². The van der Waals surface area contributed by atoms with Gasteiger partial charge >= 0.3 is 6.03 Å². The Bertz CT molecular complexity index is 440. The molecule has 1 rings (SSSR count). The summed E-state index contributed by atoms with van der Waals surface area (Å²) >= 11 is 0. The predicted octanol–water partition coefficient (Wildman–Crippen LogP) is 3.45. The van der Waals surface area contributed by atoms with E-state index in [1.165, 1.54) is 6.92 Å². The van der Waals surface area contributed by atoms with Gasteiger partial charge in [0.15, 0.2) is 5.78 Å². The topological polar surface area (TPSA) is 58.2 Å². The zero-order valence-corrected chi connectivity index (χ0v) is 12.0. The zero-order valence-electron chi connectivity index (χ0n) is 12.0. The molecule has 0 aliphatic carbocycles. The quantitative estimate of drug-likeness (QED) is 0.798. The Morgan fingerprint density at radius 1 is 1.16 bits per heavy atom. The van der Waals surface area contributed by atoms with Gasteiger partial charge in [-0.1, -0.05) is 20.3 Å². The van der Waals surface area contributed by atoms with Crippen molar-refractivity contribution in [1.82, 2.24) is 5.32 Å². The standard InChI is InChI=1S/C15H22N2O2/c1-5-10(2)11(3)16-15(19)17-14-8-6-13(7-9-14)12(4)18/h6-11H,5H2,1-4H3,(H2,16,17,19). The number of Topliss-reactive ketones (excluding diaryl/α,β-unsaturated/α-hetero) is 1. The van der Waals surface area contributed by atoms with Gasteiger partial charge < -0.3 is 10.6 Å². The molecule has 1 aromatic rings. The lowest BCUT2D eigenvalue weighted by atomic mass is 10.0. The molecule has 2 unspecified atom stereocenters. The van der Waals surface area contributed by atoms with Gasteiger partial charge in [0.25, 0.3) is 0 Å². The highest BCUT2D eigenvalue weighted by molar-refractivity contribution is 5.95. The molecule has 19 heavy (non-hydrogen) atoms. The summed E-state index contributed by atoms with van der Waals surface area (Å²) in [4.78, 5) is 22.9. The van der Waals surface area contributed by atoms with E-state index in [2.05, 4.69) is 24.5 Å². The van der Waals surface area contributed by atoms with E-state index >= 15 is 0 Å². The average Bonchev–Trinajstić information content (AvgIpc) is 2.38. The van der Waals surface area contributed by atoms with Gasteiger partial charge in [-0.2, -0.15) is 0 Å². The maximum Gasteiger partial charge on any atom is 0.319 e. The number of benzene rings is 1. The van der Waals surface area contributed by atoms with E-state index in [0.29, 0.717) is 17.2 Å². The highest BCUT2D eigenvalue weighted by atomic mass is 16.2. The van der Waals surface area contributed by atoms with E-state index in [1.54, 1.807) is 24.3 Å². The molecular weight excluding hydrogens is 240 g/mol. The lowest BCUT2D eigenvalue weighted by Crippen LogP contribution is -2.39. The van der Waals surface area contributed by atoms with Crippen LogP contribution in [0.3, 0.4) is 0 Å². The Kier molecular flexibility index (Phi) is 5.55. The van der Waals surface area contributed by atoms with Gasteiger partial charge in [0.1, 0.15) is 0 Å². The number of hydrogen-bond donors (Lipinski definition) is 2. The van der Waals surface area contributed by atoms with Crippen molar-refractivity contribution in [3.8, 4) is 0 Å². The summed E-state index contributed by atoms with van der Waals surface area (Å²) in [6.45, 7) is 7.71. The molecule has 0 heterocycles. The Balaban J connectivity index is 2.55. The monoisotopic (exact) mass is 262 g/mol. The van der Waals surface area contributed by atoms with Gasteiger partial charge in [0.05, 0.1) is 0 Å². The molecular formula is C15H22N2O2. The molecule has 4 nitrogen and oxygen atoms in total. The maximum atomic E-state index is 11.8. The molecule has 0 bridgehead atoms. The molecule has 104 valence electrons. The van der Waals surface area contributed by atoms with Crippen molar-refractivity contribution >= 4 is 17.5 Å². The van der Waals surface area contributed by atoms with Gasteiger partial charge in [-0.05, 0) is 44.0 Å². The second-order valence-electron chi connectivity index (χ2n) is 4.91. The first kappa shape index (κ1) is 15.2. The number of hydrogen-bond acceptors (Lipinski definition) is 2. The molecule has 2 amide bonds. The molecule has 2 N–H and O–H groups in total. The predicted molar refractivity (Wildman–Crippen MR) is 77.5 cm³/mol. The van der Waals surface area contributed by atoms with Crippen molar-refractivity contribution in [3.63, 3.8) is 0 Å². The fourth-order valence-corrected chi connectivity index (χ4v) is 1.66. The molecule has 0 fully saturated rings. The first-order valence-electron chi connectivity index (χ1n) is 6.62. The first-order valence-corrected chi connectivity index (χ1v) is 6.62. The van der Waals surface area contributed by atoms with Crippen molar-refractivity contribution < 1.29 is 9.59 Å².